The third kappa shape index (κ3) is 3.64. The van der Waals surface area contributed by atoms with Crippen LogP contribution >= 0.6 is 0 Å². The molecule has 1 fully saturated rings. The summed E-state index contributed by atoms with van der Waals surface area (Å²) in [6.45, 7) is 7.11. The molecule has 0 bridgehead atoms. The molecule has 1 aliphatic rings. The van der Waals surface area contributed by atoms with Crippen molar-refractivity contribution in [3.05, 3.63) is 41.8 Å². The molecule has 0 aromatic heterocycles. The van der Waals surface area contributed by atoms with Gasteiger partial charge in [-0.1, -0.05) is 74.9 Å². The van der Waals surface area contributed by atoms with Gasteiger partial charge in [-0.2, -0.15) is 12.8 Å². The summed E-state index contributed by atoms with van der Waals surface area (Å²) in [6.07, 6.45) is 5.48. The van der Waals surface area contributed by atoms with Gasteiger partial charge in [0.1, 0.15) is 0 Å². The van der Waals surface area contributed by atoms with E-state index in [0.717, 1.165) is 0 Å². The Kier molecular flexibility index (Phi) is 5.36. The van der Waals surface area contributed by atoms with Crippen molar-refractivity contribution in [2.75, 3.05) is 0 Å². The Hall–Kier alpha value is -0.183. The molecule has 1 aromatic carbocycles. The average molecular weight is 222 g/mol. The maximum atomic E-state index is 2.37. The van der Waals surface area contributed by atoms with E-state index in [1.807, 2.05) is 0 Å². The van der Waals surface area contributed by atoms with E-state index in [1.54, 1.807) is 5.92 Å². The van der Waals surface area contributed by atoms with Crippen molar-refractivity contribution in [3.63, 3.8) is 0 Å². The summed E-state index contributed by atoms with van der Waals surface area (Å²) < 4.78 is 0. The van der Waals surface area contributed by atoms with Crippen molar-refractivity contribution in [2.24, 2.45) is 5.41 Å². The minimum absolute atomic E-state index is 0. The fraction of sp³-hybridized carbons (Fsp3) is 0.562. The van der Waals surface area contributed by atoms with Gasteiger partial charge in [-0.15, -0.1) is 5.92 Å². The molecule has 1 saturated carbocycles. The Labute approximate surface area is 118 Å². The van der Waals surface area contributed by atoms with E-state index in [9.17, 15) is 0 Å². The van der Waals surface area contributed by atoms with E-state index in [1.165, 1.54) is 31.2 Å². The molecule has 0 amide bonds. The number of hydrogen-bond donors (Lipinski definition) is 0. The Morgan fingerprint density at radius 1 is 1.00 bits per heavy atom. The van der Waals surface area contributed by atoms with Gasteiger partial charge in [0, 0.05) is 0 Å². The van der Waals surface area contributed by atoms with E-state index in [-0.39, 0.29) is 18.9 Å². The molecular formula is C16H23Li. The SMILES string of the molecule is CC(C)(C)C(c1ccccc1)[C-]1CCCC1.[Li+]. The van der Waals surface area contributed by atoms with Crippen LogP contribution in [0, 0.1) is 11.3 Å². The van der Waals surface area contributed by atoms with Crippen molar-refractivity contribution in [3.8, 4) is 0 Å². The van der Waals surface area contributed by atoms with Crippen LogP contribution in [0.25, 0.3) is 0 Å². The van der Waals surface area contributed by atoms with Gasteiger partial charge in [0.05, 0.1) is 0 Å². The van der Waals surface area contributed by atoms with Crippen LogP contribution in [0.15, 0.2) is 30.3 Å². The summed E-state index contributed by atoms with van der Waals surface area (Å²) in [6, 6.07) is 11.0. The van der Waals surface area contributed by atoms with E-state index in [0.29, 0.717) is 11.3 Å². The topological polar surface area (TPSA) is 0 Å². The summed E-state index contributed by atoms with van der Waals surface area (Å²) >= 11 is 0. The minimum Gasteiger partial charge on any atom is -0.306 e. The Morgan fingerprint density at radius 2 is 1.53 bits per heavy atom. The molecule has 0 aliphatic heterocycles. The first kappa shape index (κ1) is 14.9. The van der Waals surface area contributed by atoms with Crippen LogP contribution in [-0.4, -0.2) is 0 Å². The van der Waals surface area contributed by atoms with Crippen molar-refractivity contribution in [1.82, 2.24) is 0 Å². The van der Waals surface area contributed by atoms with Crippen molar-refractivity contribution in [1.29, 1.82) is 0 Å². The van der Waals surface area contributed by atoms with E-state index in [2.05, 4.69) is 51.1 Å². The van der Waals surface area contributed by atoms with Crippen LogP contribution in [0.2, 0.25) is 0 Å². The van der Waals surface area contributed by atoms with Crippen LogP contribution in [0.4, 0.5) is 0 Å². The van der Waals surface area contributed by atoms with Gasteiger partial charge in [-0.25, -0.2) is 0 Å². The van der Waals surface area contributed by atoms with Gasteiger partial charge >= 0.3 is 18.9 Å². The molecule has 2 rings (SSSR count). The molecule has 1 unspecified atom stereocenters. The zero-order valence-corrected chi connectivity index (χ0v) is 11.8. The van der Waals surface area contributed by atoms with Gasteiger partial charge in [-0.05, 0) is 0 Å². The molecule has 1 heteroatoms. The first-order chi connectivity index (χ1) is 7.59. The molecule has 88 valence electrons. The molecule has 17 heavy (non-hydrogen) atoms. The molecule has 0 heterocycles. The second-order valence-electron chi connectivity index (χ2n) is 6.08. The van der Waals surface area contributed by atoms with Crippen LogP contribution in [0.5, 0.6) is 0 Å². The molecule has 0 nitrogen and oxygen atoms in total. The quantitative estimate of drug-likeness (QED) is 0.530. The van der Waals surface area contributed by atoms with Crippen molar-refractivity contribution >= 4 is 0 Å². The van der Waals surface area contributed by atoms with E-state index >= 15 is 0 Å². The predicted octanol–water partition coefficient (Wildman–Crippen LogP) is 1.97. The smallest absolute Gasteiger partial charge is 0.306 e. The predicted molar refractivity (Wildman–Crippen MR) is 70.3 cm³/mol. The Bertz CT molecular complexity index is 317. The zero-order chi connectivity index (χ0) is 11.6. The number of rotatable bonds is 2. The molecule has 1 aromatic rings. The molecule has 0 N–H and O–H groups in total. The molecule has 0 saturated heterocycles. The summed E-state index contributed by atoms with van der Waals surface area (Å²) in [5.74, 6) is 2.43. The van der Waals surface area contributed by atoms with Gasteiger partial charge in [0.15, 0.2) is 0 Å². The molecule has 0 spiro atoms. The first-order valence-corrected chi connectivity index (χ1v) is 6.48. The van der Waals surface area contributed by atoms with Gasteiger partial charge < -0.3 is 5.92 Å². The summed E-state index contributed by atoms with van der Waals surface area (Å²) in [7, 11) is 0. The minimum atomic E-state index is 0. The van der Waals surface area contributed by atoms with Crippen LogP contribution < -0.4 is 18.9 Å². The van der Waals surface area contributed by atoms with E-state index < -0.39 is 0 Å². The second kappa shape index (κ2) is 6.12. The normalized spacial score (nSPS) is 18.8. The van der Waals surface area contributed by atoms with Gasteiger partial charge in [0.2, 0.25) is 0 Å². The van der Waals surface area contributed by atoms with Crippen molar-refractivity contribution in [2.45, 2.75) is 52.4 Å². The van der Waals surface area contributed by atoms with Crippen LogP contribution in [0.1, 0.15) is 57.9 Å². The fourth-order valence-corrected chi connectivity index (χ4v) is 3.11. The summed E-state index contributed by atoms with van der Waals surface area (Å²) in [4.78, 5) is 0. The van der Waals surface area contributed by atoms with Gasteiger partial charge in [0.25, 0.3) is 0 Å². The summed E-state index contributed by atoms with van der Waals surface area (Å²) in [5.41, 5.74) is 1.85. The maximum Gasteiger partial charge on any atom is 1.00 e. The van der Waals surface area contributed by atoms with Crippen molar-refractivity contribution < 1.29 is 18.9 Å². The third-order valence-electron chi connectivity index (χ3n) is 3.65. The standard InChI is InChI=1S/C16H23.Li/c1-16(2,3)15(14-11-7-8-12-14)13-9-5-4-6-10-13;/h4-6,9-10,15H,7-8,11-12H2,1-3H3;/q-1;+1. The Morgan fingerprint density at radius 3 is 2.00 bits per heavy atom. The number of hydrogen-bond acceptors (Lipinski definition) is 0. The molecule has 0 radical (unpaired) electrons. The largest absolute Gasteiger partial charge is 1.00 e. The maximum absolute atomic E-state index is 2.37. The fourth-order valence-electron chi connectivity index (χ4n) is 3.11. The van der Waals surface area contributed by atoms with Crippen LogP contribution in [-0.2, 0) is 0 Å². The monoisotopic (exact) mass is 222 g/mol. The van der Waals surface area contributed by atoms with Crippen LogP contribution in [0.3, 0.4) is 0 Å². The molecule has 1 aliphatic carbocycles. The third-order valence-corrected chi connectivity index (χ3v) is 3.65. The summed E-state index contributed by atoms with van der Waals surface area (Å²) in [5, 5.41) is 0. The second-order valence-corrected chi connectivity index (χ2v) is 6.08. The molecule has 1 atom stereocenters. The Balaban J connectivity index is 0.00000144. The van der Waals surface area contributed by atoms with E-state index in [4.69, 9.17) is 0 Å². The first-order valence-electron chi connectivity index (χ1n) is 6.48. The molecular weight excluding hydrogens is 199 g/mol. The zero-order valence-electron chi connectivity index (χ0n) is 11.8. The average Bonchev–Trinajstić information content (AvgIpc) is 2.71. The number of benzene rings is 1. The van der Waals surface area contributed by atoms with Gasteiger partial charge in [-0.3, -0.25) is 0 Å².